The molecule has 2 aliphatic heterocycles. The zero-order valence-electron chi connectivity index (χ0n) is 18.4. The van der Waals surface area contributed by atoms with Gasteiger partial charge in [0.1, 0.15) is 0 Å². The van der Waals surface area contributed by atoms with Crippen LogP contribution in [0.2, 0.25) is 0 Å². The van der Waals surface area contributed by atoms with E-state index in [9.17, 15) is 9.59 Å². The molecule has 3 heterocycles. The molecule has 2 aromatic carbocycles. The molecule has 0 spiro atoms. The topological polar surface area (TPSA) is 80.8 Å². The zero-order chi connectivity index (χ0) is 22.8. The molecule has 2 unspecified atom stereocenters. The predicted octanol–water partition coefficient (Wildman–Crippen LogP) is 3.82. The third kappa shape index (κ3) is 3.91. The van der Waals surface area contributed by atoms with Crippen molar-refractivity contribution in [3.63, 3.8) is 0 Å². The van der Waals surface area contributed by atoms with Crippen molar-refractivity contribution in [2.24, 2.45) is 0 Å². The SMILES string of the molecule is CCCN1C(=O)c2ccccc2C(C(=O)NCc2cccnc2)C1c1ccc2c(c1)OCO2. The third-order valence-electron chi connectivity index (χ3n) is 6.11. The van der Waals surface area contributed by atoms with Crippen molar-refractivity contribution in [2.75, 3.05) is 13.3 Å². The Balaban J connectivity index is 1.57. The second kappa shape index (κ2) is 8.94. The fraction of sp³-hybridized carbons (Fsp3) is 0.269. The number of pyridine rings is 1. The first-order valence-corrected chi connectivity index (χ1v) is 11.1. The summed E-state index contributed by atoms with van der Waals surface area (Å²) in [5.41, 5.74) is 3.07. The summed E-state index contributed by atoms with van der Waals surface area (Å²) in [6.45, 7) is 3.10. The van der Waals surface area contributed by atoms with Crippen molar-refractivity contribution < 1.29 is 19.1 Å². The van der Waals surface area contributed by atoms with E-state index in [1.165, 1.54) is 0 Å². The van der Waals surface area contributed by atoms with Gasteiger partial charge >= 0.3 is 0 Å². The number of carbonyl (C=O) groups excluding carboxylic acids is 2. The van der Waals surface area contributed by atoms with Gasteiger partial charge in [-0.1, -0.05) is 37.3 Å². The molecule has 7 nitrogen and oxygen atoms in total. The van der Waals surface area contributed by atoms with E-state index in [4.69, 9.17) is 9.47 Å². The number of benzene rings is 2. The molecule has 0 aliphatic carbocycles. The van der Waals surface area contributed by atoms with Gasteiger partial charge in [0.25, 0.3) is 5.91 Å². The Labute approximate surface area is 192 Å². The molecule has 2 atom stereocenters. The fourth-order valence-electron chi connectivity index (χ4n) is 4.63. The van der Waals surface area contributed by atoms with E-state index in [-0.39, 0.29) is 18.6 Å². The van der Waals surface area contributed by atoms with Crippen LogP contribution in [0.15, 0.2) is 67.0 Å². The van der Waals surface area contributed by atoms with Crippen LogP contribution in [-0.2, 0) is 11.3 Å². The number of rotatable bonds is 6. The van der Waals surface area contributed by atoms with Crippen LogP contribution >= 0.6 is 0 Å². The first-order chi connectivity index (χ1) is 16.2. The highest BCUT2D eigenvalue weighted by molar-refractivity contribution is 6.01. The lowest BCUT2D eigenvalue weighted by atomic mass is 9.79. The fourth-order valence-corrected chi connectivity index (χ4v) is 4.63. The van der Waals surface area contributed by atoms with Crippen molar-refractivity contribution in [1.29, 1.82) is 0 Å². The van der Waals surface area contributed by atoms with Crippen molar-refractivity contribution in [3.8, 4) is 11.5 Å². The number of amides is 2. The van der Waals surface area contributed by atoms with Crippen LogP contribution in [0.1, 0.15) is 52.4 Å². The summed E-state index contributed by atoms with van der Waals surface area (Å²) in [4.78, 5) is 33.1. The lowest BCUT2D eigenvalue weighted by molar-refractivity contribution is -0.124. The molecule has 1 N–H and O–H groups in total. The monoisotopic (exact) mass is 443 g/mol. The van der Waals surface area contributed by atoms with Gasteiger partial charge in [-0.3, -0.25) is 14.6 Å². The summed E-state index contributed by atoms with van der Waals surface area (Å²) in [5.74, 6) is 0.530. The minimum absolute atomic E-state index is 0.0635. The van der Waals surface area contributed by atoms with E-state index in [1.807, 2.05) is 60.4 Å². The molecule has 7 heteroatoms. The van der Waals surface area contributed by atoms with Crippen LogP contribution in [0.3, 0.4) is 0 Å². The molecule has 33 heavy (non-hydrogen) atoms. The van der Waals surface area contributed by atoms with Crippen molar-refractivity contribution in [3.05, 3.63) is 89.2 Å². The number of hydrogen-bond donors (Lipinski definition) is 1. The summed E-state index contributed by atoms with van der Waals surface area (Å²) >= 11 is 0. The lowest BCUT2D eigenvalue weighted by Gasteiger charge is -2.41. The zero-order valence-corrected chi connectivity index (χ0v) is 18.4. The second-order valence-corrected chi connectivity index (χ2v) is 8.20. The highest BCUT2D eigenvalue weighted by Gasteiger charge is 2.44. The number of aromatic nitrogens is 1. The third-order valence-corrected chi connectivity index (χ3v) is 6.11. The largest absolute Gasteiger partial charge is 0.454 e. The highest BCUT2D eigenvalue weighted by Crippen LogP contribution is 2.45. The van der Waals surface area contributed by atoms with Gasteiger partial charge in [-0.2, -0.15) is 0 Å². The number of ether oxygens (including phenoxy) is 2. The average molecular weight is 444 g/mol. The molecule has 3 aromatic rings. The molecular weight excluding hydrogens is 418 g/mol. The molecule has 2 amide bonds. The van der Waals surface area contributed by atoms with Gasteiger partial charge in [-0.15, -0.1) is 0 Å². The predicted molar refractivity (Wildman–Crippen MR) is 122 cm³/mol. The Morgan fingerprint density at radius 3 is 2.79 bits per heavy atom. The Hall–Kier alpha value is -3.87. The maximum atomic E-state index is 13.7. The first kappa shape index (κ1) is 21.0. The van der Waals surface area contributed by atoms with E-state index in [0.717, 1.165) is 23.1 Å². The standard InChI is InChI=1S/C26H25N3O4/c1-2-12-29-24(18-9-10-21-22(13-18)33-16-32-21)23(19-7-3-4-8-20(19)26(29)31)25(30)28-15-17-6-5-11-27-14-17/h3-11,13-14,23-24H,2,12,15-16H2,1H3,(H,28,30). The van der Waals surface area contributed by atoms with Gasteiger partial charge in [0.2, 0.25) is 12.7 Å². The second-order valence-electron chi connectivity index (χ2n) is 8.20. The van der Waals surface area contributed by atoms with E-state index in [1.54, 1.807) is 18.5 Å². The summed E-state index contributed by atoms with van der Waals surface area (Å²) < 4.78 is 11.1. The van der Waals surface area contributed by atoms with E-state index in [2.05, 4.69) is 10.3 Å². The van der Waals surface area contributed by atoms with Gasteiger partial charge in [-0.25, -0.2) is 0 Å². The molecule has 0 saturated heterocycles. The summed E-state index contributed by atoms with van der Waals surface area (Å²) in [6, 6.07) is 16.3. The number of fused-ring (bicyclic) bond motifs is 2. The van der Waals surface area contributed by atoms with Crippen LogP contribution < -0.4 is 14.8 Å². The maximum Gasteiger partial charge on any atom is 0.254 e. The first-order valence-electron chi connectivity index (χ1n) is 11.1. The van der Waals surface area contributed by atoms with Crippen molar-refractivity contribution in [2.45, 2.75) is 31.8 Å². The Bertz CT molecular complexity index is 1180. The van der Waals surface area contributed by atoms with E-state index in [0.29, 0.717) is 30.2 Å². The molecule has 0 bridgehead atoms. The summed E-state index contributed by atoms with van der Waals surface area (Å²) in [5, 5.41) is 3.07. The Morgan fingerprint density at radius 1 is 1.12 bits per heavy atom. The molecule has 0 fully saturated rings. The number of hydrogen-bond acceptors (Lipinski definition) is 5. The molecule has 1 aromatic heterocycles. The Kier molecular flexibility index (Phi) is 5.69. The van der Waals surface area contributed by atoms with Crippen molar-refractivity contribution in [1.82, 2.24) is 15.2 Å². The number of nitrogens with zero attached hydrogens (tertiary/aromatic N) is 2. The van der Waals surface area contributed by atoms with Crippen LogP contribution in [0.25, 0.3) is 0 Å². The molecule has 0 radical (unpaired) electrons. The van der Waals surface area contributed by atoms with Gasteiger partial charge in [-0.05, 0) is 47.4 Å². The van der Waals surface area contributed by atoms with Crippen LogP contribution in [0.4, 0.5) is 0 Å². The van der Waals surface area contributed by atoms with E-state index < -0.39 is 12.0 Å². The van der Waals surface area contributed by atoms with Crippen LogP contribution in [-0.4, -0.2) is 35.0 Å². The minimum atomic E-state index is -0.567. The minimum Gasteiger partial charge on any atom is -0.454 e. The summed E-state index contributed by atoms with van der Waals surface area (Å²) in [6.07, 6.45) is 4.21. The highest BCUT2D eigenvalue weighted by atomic mass is 16.7. The summed E-state index contributed by atoms with van der Waals surface area (Å²) in [7, 11) is 0. The van der Waals surface area contributed by atoms with Gasteiger partial charge < -0.3 is 19.7 Å². The van der Waals surface area contributed by atoms with Crippen LogP contribution in [0, 0.1) is 0 Å². The maximum absolute atomic E-state index is 13.7. The lowest BCUT2D eigenvalue weighted by Crippen LogP contribution is -2.47. The average Bonchev–Trinajstić information content (AvgIpc) is 3.33. The molecule has 0 saturated carbocycles. The van der Waals surface area contributed by atoms with Crippen molar-refractivity contribution >= 4 is 11.8 Å². The number of nitrogens with one attached hydrogen (secondary N) is 1. The molecule has 2 aliphatic rings. The Morgan fingerprint density at radius 2 is 1.97 bits per heavy atom. The quantitative estimate of drug-likeness (QED) is 0.627. The molecule has 5 rings (SSSR count). The molecule has 168 valence electrons. The van der Waals surface area contributed by atoms with Crippen LogP contribution in [0.5, 0.6) is 11.5 Å². The number of carbonyl (C=O) groups is 2. The molecular formula is C26H25N3O4. The van der Waals surface area contributed by atoms with Gasteiger partial charge in [0.15, 0.2) is 11.5 Å². The van der Waals surface area contributed by atoms with E-state index >= 15 is 0 Å². The normalized spacial score (nSPS) is 18.7. The van der Waals surface area contributed by atoms with Gasteiger partial charge in [0.05, 0.1) is 12.0 Å². The van der Waals surface area contributed by atoms with Gasteiger partial charge in [0, 0.05) is 31.0 Å². The smallest absolute Gasteiger partial charge is 0.254 e.